The van der Waals surface area contributed by atoms with Crippen molar-refractivity contribution < 1.29 is 0 Å². The molecular formula is C60H42N2. The van der Waals surface area contributed by atoms with Crippen LogP contribution in [0, 0.1) is 0 Å². The number of rotatable bonds is 7. The van der Waals surface area contributed by atoms with Crippen molar-refractivity contribution in [1.29, 1.82) is 0 Å². The quantitative estimate of drug-likeness (QED) is 0.156. The smallest absolute Gasteiger partial charge is 0.0641 e. The SMILES string of the molecule is C1=C(c2ccccc2)C=C(c2ccccc2)C2c3cc(-c4ccc5c(c4)c4ccccc4n5-c4ccc(-c5ccc(-c6ccccc6)cc5)cc4)ccc3N(c3ccccc3)C12. The summed E-state index contributed by atoms with van der Waals surface area (Å²) in [6.45, 7) is 0. The molecule has 62 heavy (non-hydrogen) atoms. The molecule has 0 saturated heterocycles. The molecule has 2 heteroatoms. The first-order valence-corrected chi connectivity index (χ1v) is 21.6. The second-order valence-corrected chi connectivity index (χ2v) is 16.5. The van der Waals surface area contributed by atoms with Gasteiger partial charge in [0.1, 0.15) is 0 Å². The molecule has 2 heterocycles. The molecule has 1 aliphatic heterocycles. The van der Waals surface area contributed by atoms with Crippen LogP contribution in [0.2, 0.25) is 0 Å². The number of hydrogen-bond acceptors (Lipinski definition) is 1. The molecule has 0 bridgehead atoms. The molecule has 0 spiro atoms. The topological polar surface area (TPSA) is 8.17 Å². The highest BCUT2D eigenvalue weighted by molar-refractivity contribution is 6.10. The Morgan fingerprint density at radius 3 is 1.52 bits per heavy atom. The number of fused-ring (bicyclic) bond motifs is 6. The van der Waals surface area contributed by atoms with Gasteiger partial charge in [0.15, 0.2) is 0 Å². The van der Waals surface area contributed by atoms with Crippen molar-refractivity contribution in [2.24, 2.45) is 0 Å². The van der Waals surface area contributed by atoms with Crippen molar-refractivity contribution >= 4 is 44.3 Å². The molecule has 292 valence electrons. The predicted molar refractivity (Wildman–Crippen MR) is 261 cm³/mol. The van der Waals surface area contributed by atoms with E-state index in [4.69, 9.17) is 0 Å². The van der Waals surface area contributed by atoms with Gasteiger partial charge in [-0.1, -0.05) is 188 Å². The predicted octanol–water partition coefficient (Wildman–Crippen LogP) is 15.6. The molecule has 2 unspecified atom stereocenters. The van der Waals surface area contributed by atoms with E-state index in [-0.39, 0.29) is 12.0 Å². The second-order valence-electron chi connectivity index (χ2n) is 16.5. The third kappa shape index (κ3) is 6.11. The molecule has 9 aromatic carbocycles. The van der Waals surface area contributed by atoms with E-state index in [0.717, 1.165) is 5.69 Å². The van der Waals surface area contributed by atoms with E-state index in [9.17, 15) is 0 Å². The molecule has 1 aromatic heterocycles. The number of aromatic nitrogens is 1. The van der Waals surface area contributed by atoms with Gasteiger partial charge in [0.2, 0.25) is 0 Å². The standard InChI is InChI=1S/C60H42N2/c1-5-15-41(16-6-1)43-25-27-44(28-26-43)45-29-33-51(34-30-45)61-56-24-14-13-23-52(56)54-37-47(31-35-57(54)61)48-32-36-58-55(38-48)60-53(46-19-9-3-10-20-46)39-49(42-17-7-2-8-18-42)40-59(60)62(58)50-21-11-4-12-22-50/h1-40,59-60H. The molecular weight excluding hydrogens is 749 g/mol. The van der Waals surface area contributed by atoms with Crippen molar-refractivity contribution in [3.05, 3.63) is 259 Å². The lowest BCUT2D eigenvalue weighted by molar-refractivity contribution is 0.761. The van der Waals surface area contributed by atoms with Gasteiger partial charge in [-0.05, 0) is 116 Å². The van der Waals surface area contributed by atoms with Crippen molar-refractivity contribution in [3.8, 4) is 39.1 Å². The van der Waals surface area contributed by atoms with E-state index in [1.165, 1.54) is 94.4 Å². The zero-order chi connectivity index (χ0) is 41.0. The molecule has 1 aliphatic carbocycles. The Bertz CT molecular complexity index is 3310. The average molecular weight is 791 g/mol. The number of hydrogen-bond donors (Lipinski definition) is 0. The van der Waals surface area contributed by atoms with E-state index in [1.54, 1.807) is 0 Å². The van der Waals surface area contributed by atoms with Crippen molar-refractivity contribution in [2.45, 2.75) is 12.0 Å². The van der Waals surface area contributed by atoms with Gasteiger partial charge in [-0.3, -0.25) is 0 Å². The summed E-state index contributed by atoms with van der Waals surface area (Å²) in [6.07, 6.45) is 4.93. The summed E-state index contributed by atoms with van der Waals surface area (Å²) in [6, 6.07) is 84.3. The third-order valence-electron chi connectivity index (χ3n) is 13.0. The summed E-state index contributed by atoms with van der Waals surface area (Å²) < 4.78 is 2.41. The van der Waals surface area contributed by atoms with Gasteiger partial charge in [-0.2, -0.15) is 0 Å². The van der Waals surface area contributed by atoms with Crippen LogP contribution in [0.25, 0.3) is 72.0 Å². The van der Waals surface area contributed by atoms with Gasteiger partial charge in [-0.15, -0.1) is 0 Å². The Labute approximate surface area is 362 Å². The summed E-state index contributed by atoms with van der Waals surface area (Å²) in [5.74, 6) is 0.149. The van der Waals surface area contributed by atoms with Crippen LogP contribution in [0.5, 0.6) is 0 Å². The molecule has 10 aromatic rings. The number of para-hydroxylation sites is 2. The summed E-state index contributed by atoms with van der Waals surface area (Å²) >= 11 is 0. The van der Waals surface area contributed by atoms with Gasteiger partial charge in [0.25, 0.3) is 0 Å². The van der Waals surface area contributed by atoms with Crippen molar-refractivity contribution in [1.82, 2.24) is 4.57 Å². The fraction of sp³-hybridized carbons (Fsp3) is 0.0333. The minimum absolute atomic E-state index is 0.110. The van der Waals surface area contributed by atoms with Crippen molar-refractivity contribution in [3.63, 3.8) is 0 Å². The second kappa shape index (κ2) is 15.0. The van der Waals surface area contributed by atoms with Gasteiger partial charge < -0.3 is 9.47 Å². The zero-order valence-electron chi connectivity index (χ0n) is 34.1. The Morgan fingerprint density at radius 2 is 0.839 bits per heavy atom. The summed E-state index contributed by atoms with van der Waals surface area (Å²) in [5, 5.41) is 2.50. The van der Waals surface area contributed by atoms with E-state index in [2.05, 4.69) is 252 Å². The van der Waals surface area contributed by atoms with Crippen LogP contribution >= 0.6 is 0 Å². The van der Waals surface area contributed by atoms with E-state index >= 15 is 0 Å². The van der Waals surface area contributed by atoms with Crippen molar-refractivity contribution in [2.75, 3.05) is 4.90 Å². The zero-order valence-corrected chi connectivity index (χ0v) is 34.1. The first-order valence-electron chi connectivity index (χ1n) is 21.6. The maximum Gasteiger partial charge on any atom is 0.0641 e. The highest BCUT2D eigenvalue weighted by Gasteiger charge is 2.42. The minimum Gasteiger partial charge on any atom is -0.333 e. The van der Waals surface area contributed by atoms with E-state index in [0.29, 0.717) is 0 Å². The van der Waals surface area contributed by atoms with E-state index < -0.39 is 0 Å². The molecule has 2 atom stereocenters. The average Bonchev–Trinajstić information content (AvgIpc) is 3.87. The molecule has 12 rings (SSSR count). The molecule has 0 N–H and O–H groups in total. The van der Waals surface area contributed by atoms with Gasteiger partial charge in [-0.25, -0.2) is 0 Å². The number of nitrogens with zero attached hydrogens (tertiary/aromatic N) is 2. The number of allylic oxidation sites excluding steroid dienone is 2. The van der Waals surface area contributed by atoms with Gasteiger partial charge >= 0.3 is 0 Å². The lowest BCUT2D eigenvalue weighted by Crippen LogP contribution is -2.30. The van der Waals surface area contributed by atoms with Crippen LogP contribution in [-0.4, -0.2) is 10.6 Å². The fourth-order valence-corrected chi connectivity index (χ4v) is 10.0. The lowest BCUT2D eigenvalue weighted by atomic mass is 9.77. The normalized spacial score (nSPS) is 15.6. The maximum absolute atomic E-state index is 2.56. The number of benzene rings is 9. The van der Waals surface area contributed by atoms with E-state index in [1.807, 2.05) is 0 Å². The summed E-state index contributed by atoms with van der Waals surface area (Å²) in [5.41, 5.74) is 19.8. The lowest BCUT2D eigenvalue weighted by Gasteiger charge is -2.33. The first kappa shape index (κ1) is 36.0. The molecule has 2 nitrogen and oxygen atoms in total. The highest BCUT2D eigenvalue weighted by atomic mass is 15.2. The Morgan fingerprint density at radius 1 is 0.339 bits per heavy atom. The molecule has 0 radical (unpaired) electrons. The monoisotopic (exact) mass is 790 g/mol. The third-order valence-corrected chi connectivity index (χ3v) is 13.0. The first-order chi connectivity index (χ1) is 30.7. The largest absolute Gasteiger partial charge is 0.333 e. The minimum atomic E-state index is 0.110. The fourth-order valence-electron chi connectivity index (χ4n) is 10.0. The van der Waals surface area contributed by atoms with Crippen LogP contribution in [0.3, 0.4) is 0 Å². The van der Waals surface area contributed by atoms with Crippen LogP contribution < -0.4 is 4.90 Å². The molecule has 0 amide bonds. The number of anilines is 2. The maximum atomic E-state index is 2.56. The Kier molecular flexibility index (Phi) is 8.67. The van der Waals surface area contributed by atoms with Crippen LogP contribution in [0.4, 0.5) is 11.4 Å². The molecule has 0 fully saturated rings. The van der Waals surface area contributed by atoms with Gasteiger partial charge in [0.05, 0.1) is 17.1 Å². The van der Waals surface area contributed by atoms with Crippen LogP contribution in [-0.2, 0) is 0 Å². The van der Waals surface area contributed by atoms with Crippen LogP contribution in [0.1, 0.15) is 22.6 Å². The molecule has 2 aliphatic rings. The Hall–Kier alpha value is -7.94. The van der Waals surface area contributed by atoms with Crippen LogP contribution in [0.15, 0.2) is 243 Å². The Balaban J connectivity index is 0.946. The molecule has 0 saturated carbocycles. The van der Waals surface area contributed by atoms with Gasteiger partial charge in [0, 0.05) is 33.8 Å². The highest BCUT2D eigenvalue weighted by Crippen LogP contribution is 2.55. The summed E-state index contributed by atoms with van der Waals surface area (Å²) in [7, 11) is 0. The summed E-state index contributed by atoms with van der Waals surface area (Å²) in [4.78, 5) is 2.56.